The smallest absolute Gasteiger partial charge is 0.277 e. The Labute approximate surface area is 215 Å². The zero-order chi connectivity index (χ0) is 26.7. The van der Waals surface area contributed by atoms with Crippen LogP contribution < -0.4 is 15.6 Å². The third kappa shape index (κ3) is 5.24. The molecule has 0 spiro atoms. The molecule has 0 aliphatic carbocycles. The van der Waals surface area contributed by atoms with Crippen molar-refractivity contribution in [2.45, 2.75) is 38.5 Å². The van der Waals surface area contributed by atoms with E-state index in [1.807, 2.05) is 13.8 Å². The standard InChI is InChI=1S/C24H33N7O5S/c1-5-7-20-26-16(3)22-24(33)27-23(28-31(20)22)18-14-17(8-9-19(18)36-6-2)37(34,35)30-12-10-29(11-13-30)21(32)15-25-4/h8-9,14,25H,5-7,10-13,15H2,1-4H3,(H,27,28,33). The summed E-state index contributed by atoms with van der Waals surface area (Å²) in [6, 6.07) is 4.55. The van der Waals surface area contributed by atoms with Gasteiger partial charge in [0, 0.05) is 32.6 Å². The first-order valence-electron chi connectivity index (χ1n) is 12.4. The second-order valence-electron chi connectivity index (χ2n) is 8.83. The van der Waals surface area contributed by atoms with Crippen molar-refractivity contribution in [2.24, 2.45) is 0 Å². The second-order valence-corrected chi connectivity index (χ2v) is 10.8. The van der Waals surface area contributed by atoms with Gasteiger partial charge in [-0.15, -0.1) is 5.10 Å². The lowest BCUT2D eigenvalue weighted by Crippen LogP contribution is -2.52. The summed E-state index contributed by atoms with van der Waals surface area (Å²) in [6.07, 6.45) is 1.47. The monoisotopic (exact) mass is 531 g/mol. The number of hydrogen-bond acceptors (Lipinski definition) is 8. The van der Waals surface area contributed by atoms with Gasteiger partial charge < -0.3 is 19.9 Å². The maximum atomic E-state index is 13.5. The molecule has 3 heterocycles. The Morgan fingerprint density at radius 3 is 2.57 bits per heavy atom. The molecule has 0 radical (unpaired) electrons. The molecular formula is C24H33N7O5S. The Kier molecular flexibility index (Phi) is 7.95. The minimum atomic E-state index is -3.87. The summed E-state index contributed by atoms with van der Waals surface area (Å²) in [5.41, 5.74) is 0.936. The average molecular weight is 532 g/mol. The first-order chi connectivity index (χ1) is 17.7. The zero-order valence-electron chi connectivity index (χ0n) is 21.6. The van der Waals surface area contributed by atoms with Gasteiger partial charge in [-0.1, -0.05) is 6.92 Å². The molecule has 0 unspecified atom stereocenters. The number of hydrogen-bond donors (Lipinski definition) is 2. The summed E-state index contributed by atoms with van der Waals surface area (Å²) < 4.78 is 35.7. The Hall–Kier alpha value is -3.29. The molecule has 1 aliphatic rings. The number of carbonyl (C=O) groups excluding carboxylic acids is 1. The average Bonchev–Trinajstić information content (AvgIpc) is 3.20. The van der Waals surface area contributed by atoms with E-state index in [1.54, 1.807) is 24.9 Å². The van der Waals surface area contributed by atoms with E-state index in [4.69, 9.17) is 4.74 Å². The lowest BCUT2D eigenvalue weighted by Gasteiger charge is -2.34. The van der Waals surface area contributed by atoms with Crippen LogP contribution in [0, 0.1) is 6.92 Å². The predicted molar refractivity (Wildman–Crippen MR) is 138 cm³/mol. The number of nitrogens with one attached hydrogen (secondary N) is 2. The number of piperazine rings is 1. The minimum Gasteiger partial charge on any atom is -0.493 e. The number of carbonyl (C=O) groups is 1. The summed E-state index contributed by atoms with van der Waals surface area (Å²) in [5, 5.41) is 7.46. The summed E-state index contributed by atoms with van der Waals surface area (Å²) in [6.45, 7) is 7.16. The van der Waals surface area contributed by atoms with Crippen LogP contribution in [-0.2, 0) is 21.2 Å². The van der Waals surface area contributed by atoms with Crippen LogP contribution in [-0.4, -0.2) is 89.5 Å². The molecule has 4 rings (SSSR count). The number of ether oxygens (including phenoxy) is 1. The van der Waals surface area contributed by atoms with Crippen molar-refractivity contribution in [3.8, 4) is 17.1 Å². The summed E-state index contributed by atoms with van der Waals surface area (Å²) in [4.78, 5) is 34.1. The fraction of sp³-hybridized carbons (Fsp3) is 0.500. The highest BCUT2D eigenvalue weighted by molar-refractivity contribution is 7.89. The molecule has 1 amide bonds. The SMILES string of the molecule is CCCc1nc(C)c2c(=O)[nH]c(-c3cc(S(=O)(=O)N4CCN(C(=O)CNC)CC4)ccc3OCC)nn12. The van der Waals surface area contributed by atoms with Crippen molar-refractivity contribution in [1.82, 2.24) is 34.1 Å². The van der Waals surface area contributed by atoms with E-state index in [0.717, 1.165) is 6.42 Å². The molecule has 13 heteroatoms. The van der Waals surface area contributed by atoms with Crippen LogP contribution in [0.1, 0.15) is 31.8 Å². The molecule has 1 aliphatic heterocycles. The topological polar surface area (TPSA) is 142 Å². The van der Waals surface area contributed by atoms with Gasteiger partial charge in [0.1, 0.15) is 11.6 Å². The van der Waals surface area contributed by atoms with E-state index in [-0.39, 0.29) is 41.8 Å². The quantitative estimate of drug-likeness (QED) is 0.413. The van der Waals surface area contributed by atoms with E-state index in [9.17, 15) is 18.0 Å². The lowest BCUT2D eigenvalue weighted by atomic mass is 10.2. The van der Waals surface area contributed by atoms with Crippen molar-refractivity contribution in [1.29, 1.82) is 0 Å². The van der Waals surface area contributed by atoms with Gasteiger partial charge in [-0.25, -0.2) is 17.9 Å². The van der Waals surface area contributed by atoms with Crippen molar-refractivity contribution in [3.63, 3.8) is 0 Å². The van der Waals surface area contributed by atoms with Crippen molar-refractivity contribution < 1.29 is 17.9 Å². The highest BCUT2D eigenvalue weighted by atomic mass is 32.2. The normalized spacial score (nSPS) is 14.9. The van der Waals surface area contributed by atoms with Crippen LogP contribution >= 0.6 is 0 Å². The highest BCUT2D eigenvalue weighted by Gasteiger charge is 2.31. The maximum Gasteiger partial charge on any atom is 0.277 e. The number of aryl methyl sites for hydroxylation is 2. The van der Waals surface area contributed by atoms with Crippen LogP contribution in [0.4, 0.5) is 0 Å². The van der Waals surface area contributed by atoms with Crippen molar-refractivity contribution in [3.05, 3.63) is 40.1 Å². The fourth-order valence-electron chi connectivity index (χ4n) is 4.47. The first kappa shape index (κ1) is 26.8. The zero-order valence-corrected chi connectivity index (χ0v) is 22.4. The van der Waals surface area contributed by atoms with Gasteiger partial charge in [0.2, 0.25) is 15.9 Å². The van der Waals surface area contributed by atoms with Crippen LogP contribution in [0.25, 0.3) is 16.9 Å². The third-order valence-corrected chi connectivity index (χ3v) is 8.17. The minimum absolute atomic E-state index is 0.0549. The molecule has 12 nitrogen and oxygen atoms in total. The van der Waals surface area contributed by atoms with Crippen LogP contribution in [0.3, 0.4) is 0 Å². The summed E-state index contributed by atoms with van der Waals surface area (Å²) in [5.74, 6) is 1.19. The van der Waals surface area contributed by atoms with Crippen LogP contribution in [0.2, 0.25) is 0 Å². The summed E-state index contributed by atoms with van der Waals surface area (Å²) >= 11 is 0. The number of aromatic amines is 1. The number of amides is 1. The number of aromatic nitrogens is 4. The van der Waals surface area contributed by atoms with E-state index < -0.39 is 10.0 Å². The van der Waals surface area contributed by atoms with E-state index in [2.05, 4.69) is 20.4 Å². The van der Waals surface area contributed by atoms with Crippen molar-refractivity contribution >= 4 is 21.4 Å². The van der Waals surface area contributed by atoms with Gasteiger partial charge in [-0.2, -0.15) is 4.31 Å². The van der Waals surface area contributed by atoms with E-state index >= 15 is 0 Å². The molecule has 1 fully saturated rings. The maximum absolute atomic E-state index is 13.5. The third-order valence-electron chi connectivity index (χ3n) is 6.28. The number of fused-ring (bicyclic) bond motifs is 1. The van der Waals surface area contributed by atoms with Crippen molar-refractivity contribution in [2.75, 3.05) is 46.4 Å². The number of rotatable bonds is 9. The molecule has 3 aromatic rings. The van der Waals surface area contributed by atoms with Crippen LogP contribution in [0.5, 0.6) is 5.75 Å². The molecule has 1 aromatic carbocycles. The molecule has 0 atom stereocenters. The molecular weight excluding hydrogens is 498 g/mol. The Morgan fingerprint density at radius 2 is 1.92 bits per heavy atom. The molecule has 2 aromatic heterocycles. The molecule has 200 valence electrons. The molecule has 2 N–H and O–H groups in total. The first-order valence-corrected chi connectivity index (χ1v) is 13.8. The van der Waals surface area contributed by atoms with Gasteiger partial charge in [0.25, 0.3) is 5.56 Å². The Balaban J connectivity index is 1.73. The number of benzene rings is 1. The molecule has 0 saturated carbocycles. The number of nitrogens with zero attached hydrogens (tertiary/aromatic N) is 5. The largest absolute Gasteiger partial charge is 0.493 e. The Morgan fingerprint density at radius 1 is 1.19 bits per heavy atom. The number of sulfonamides is 1. The number of imidazole rings is 1. The number of likely N-dealkylation sites (N-methyl/N-ethyl adjacent to an activating group) is 1. The lowest BCUT2D eigenvalue weighted by molar-refractivity contribution is -0.131. The van der Waals surface area contributed by atoms with Gasteiger partial charge in [-0.3, -0.25) is 9.59 Å². The fourth-order valence-corrected chi connectivity index (χ4v) is 5.92. The molecule has 1 saturated heterocycles. The van der Waals surface area contributed by atoms with Gasteiger partial charge in [0.15, 0.2) is 11.3 Å². The van der Waals surface area contributed by atoms with Crippen LogP contribution in [0.15, 0.2) is 27.9 Å². The molecule has 0 bridgehead atoms. The van der Waals surface area contributed by atoms with E-state index in [1.165, 1.54) is 21.0 Å². The Bertz CT molecular complexity index is 1460. The van der Waals surface area contributed by atoms with Gasteiger partial charge in [0.05, 0.1) is 29.3 Å². The summed E-state index contributed by atoms with van der Waals surface area (Å²) in [7, 11) is -2.17. The predicted octanol–water partition coefficient (Wildman–Crippen LogP) is 0.797. The van der Waals surface area contributed by atoms with Gasteiger partial charge >= 0.3 is 0 Å². The second kappa shape index (κ2) is 11.0. The van der Waals surface area contributed by atoms with Gasteiger partial charge in [-0.05, 0) is 45.5 Å². The molecule has 37 heavy (non-hydrogen) atoms. The van der Waals surface area contributed by atoms with E-state index in [0.29, 0.717) is 54.5 Å². The number of H-pyrrole nitrogens is 1. The highest BCUT2D eigenvalue weighted by Crippen LogP contribution is 2.31.